The molecule has 2 aromatic rings. The lowest BCUT2D eigenvalue weighted by atomic mass is 10.1. The van der Waals surface area contributed by atoms with Crippen LogP contribution in [0.5, 0.6) is 0 Å². The van der Waals surface area contributed by atoms with Gasteiger partial charge in [-0.2, -0.15) is 0 Å². The summed E-state index contributed by atoms with van der Waals surface area (Å²) in [4.78, 5) is 4.49. The number of pyridine rings is 1. The maximum absolute atomic E-state index is 5.52. The van der Waals surface area contributed by atoms with Gasteiger partial charge in [-0.15, -0.1) is 0 Å². The van der Waals surface area contributed by atoms with Crippen LogP contribution in [0.15, 0.2) is 36.5 Å². The molecule has 1 aromatic carbocycles. The van der Waals surface area contributed by atoms with E-state index in [-0.39, 0.29) is 0 Å². The van der Waals surface area contributed by atoms with Crippen LogP contribution in [0.2, 0.25) is 0 Å². The summed E-state index contributed by atoms with van der Waals surface area (Å²) in [5.41, 5.74) is 2.37. The van der Waals surface area contributed by atoms with Crippen LogP contribution in [-0.2, 0) is 11.3 Å². The maximum Gasteiger partial charge on any atom is 0.0746 e. The normalized spacial score (nSPS) is 23.0. The van der Waals surface area contributed by atoms with Gasteiger partial charge in [-0.25, -0.2) is 0 Å². The van der Waals surface area contributed by atoms with Crippen molar-refractivity contribution in [1.29, 1.82) is 0 Å². The lowest BCUT2D eigenvalue weighted by molar-refractivity contribution is 0.0847. The van der Waals surface area contributed by atoms with E-state index in [0.29, 0.717) is 12.1 Å². The highest BCUT2D eigenvalue weighted by atomic mass is 16.5. The van der Waals surface area contributed by atoms with E-state index in [1.54, 1.807) is 0 Å². The third kappa shape index (κ3) is 2.62. The molecule has 0 saturated heterocycles. The van der Waals surface area contributed by atoms with Crippen molar-refractivity contribution >= 4 is 10.9 Å². The minimum atomic E-state index is 0.364. The van der Waals surface area contributed by atoms with Crippen molar-refractivity contribution in [3.63, 3.8) is 0 Å². The average molecular weight is 256 g/mol. The zero-order valence-electron chi connectivity index (χ0n) is 11.3. The van der Waals surface area contributed by atoms with Crippen molar-refractivity contribution in [3.8, 4) is 0 Å². The van der Waals surface area contributed by atoms with Gasteiger partial charge >= 0.3 is 0 Å². The first-order chi connectivity index (χ1) is 9.38. The first-order valence-corrected chi connectivity index (χ1v) is 6.97. The first-order valence-electron chi connectivity index (χ1n) is 6.97. The predicted molar refractivity (Wildman–Crippen MR) is 77.0 cm³/mol. The molecule has 0 spiro atoms. The number of hydrogen-bond acceptors (Lipinski definition) is 3. The second-order valence-electron chi connectivity index (χ2n) is 5.18. The molecule has 1 aromatic heterocycles. The molecular formula is C16H20N2O. The average Bonchev–Trinajstić information content (AvgIpc) is 2.92. The van der Waals surface area contributed by atoms with Gasteiger partial charge in [0.2, 0.25) is 0 Å². The fraction of sp³-hybridized carbons (Fsp3) is 0.438. The Morgan fingerprint density at radius 3 is 3.05 bits per heavy atom. The fourth-order valence-corrected chi connectivity index (χ4v) is 2.99. The van der Waals surface area contributed by atoms with Crippen LogP contribution < -0.4 is 5.32 Å². The second kappa shape index (κ2) is 5.68. The van der Waals surface area contributed by atoms with Gasteiger partial charge in [0, 0.05) is 31.3 Å². The number of benzene rings is 1. The van der Waals surface area contributed by atoms with E-state index in [4.69, 9.17) is 4.74 Å². The Balaban J connectivity index is 1.75. The summed E-state index contributed by atoms with van der Waals surface area (Å²) < 4.78 is 5.52. The lowest BCUT2D eigenvalue weighted by Crippen LogP contribution is -2.36. The smallest absolute Gasteiger partial charge is 0.0746 e. The molecule has 0 aliphatic heterocycles. The van der Waals surface area contributed by atoms with E-state index in [1.165, 1.54) is 30.2 Å². The summed E-state index contributed by atoms with van der Waals surface area (Å²) in [7, 11) is 1.81. The SMILES string of the molecule is COC1CCCC1NCc1cccc2cccnc12. The summed E-state index contributed by atoms with van der Waals surface area (Å²) in [5, 5.41) is 4.83. The van der Waals surface area contributed by atoms with E-state index < -0.39 is 0 Å². The highest BCUT2D eigenvalue weighted by molar-refractivity contribution is 5.81. The molecule has 3 heteroatoms. The van der Waals surface area contributed by atoms with E-state index in [0.717, 1.165) is 12.1 Å². The third-order valence-electron chi connectivity index (χ3n) is 4.03. The molecule has 1 saturated carbocycles. The molecular weight excluding hydrogens is 236 g/mol. The van der Waals surface area contributed by atoms with Crippen molar-refractivity contribution in [1.82, 2.24) is 10.3 Å². The van der Waals surface area contributed by atoms with Crippen molar-refractivity contribution in [3.05, 3.63) is 42.1 Å². The molecule has 0 radical (unpaired) electrons. The highest BCUT2D eigenvalue weighted by Crippen LogP contribution is 2.22. The summed E-state index contributed by atoms with van der Waals surface area (Å²) in [5.74, 6) is 0. The second-order valence-corrected chi connectivity index (χ2v) is 5.18. The molecule has 2 unspecified atom stereocenters. The van der Waals surface area contributed by atoms with Gasteiger partial charge < -0.3 is 10.1 Å². The molecule has 3 rings (SSSR count). The number of ether oxygens (including phenoxy) is 1. The zero-order valence-corrected chi connectivity index (χ0v) is 11.3. The van der Waals surface area contributed by atoms with E-state index >= 15 is 0 Å². The quantitative estimate of drug-likeness (QED) is 0.913. The minimum Gasteiger partial charge on any atom is -0.380 e. The molecule has 2 atom stereocenters. The van der Waals surface area contributed by atoms with Crippen molar-refractivity contribution in [2.24, 2.45) is 0 Å². The minimum absolute atomic E-state index is 0.364. The summed E-state index contributed by atoms with van der Waals surface area (Å²) in [6.07, 6.45) is 5.85. The molecule has 0 bridgehead atoms. The largest absolute Gasteiger partial charge is 0.380 e. The van der Waals surface area contributed by atoms with Crippen molar-refractivity contribution < 1.29 is 4.74 Å². The van der Waals surface area contributed by atoms with Gasteiger partial charge in [0.1, 0.15) is 0 Å². The number of nitrogens with one attached hydrogen (secondary N) is 1. The Morgan fingerprint density at radius 1 is 1.26 bits per heavy atom. The Labute approximate surface area is 114 Å². The number of aromatic nitrogens is 1. The van der Waals surface area contributed by atoms with E-state index in [2.05, 4.69) is 34.6 Å². The third-order valence-corrected chi connectivity index (χ3v) is 4.03. The van der Waals surface area contributed by atoms with E-state index in [9.17, 15) is 0 Å². The van der Waals surface area contributed by atoms with Gasteiger partial charge in [-0.3, -0.25) is 4.98 Å². The topological polar surface area (TPSA) is 34.1 Å². The number of hydrogen-bond donors (Lipinski definition) is 1. The summed E-state index contributed by atoms with van der Waals surface area (Å²) in [6.45, 7) is 0.860. The van der Waals surface area contributed by atoms with Crippen LogP contribution >= 0.6 is 0 Å². The van der Waals surface area contributed by atoms with Crippen LogP contribution in [0.1, 0.15) is 24.8 Å². The number of methoxy groups -OCH3 is 1. The van der Waals surface area contributed by atoms with Gasteiger partial charge in [-0.05, 0) is 30.9 Å². The Bertz CT molecular complexity index is 550. The molecule has 1 aliphatic carbocycles. The van der Waals surface area contributed by atoms with Crippen molar-refractivity contribution in [2.75, 3.05) is 7.11 Å². The van der Waals surface area contributed by atoms with Crippen LogP contribution in [0.4, 0.5) is 0 Å². The number of para-hydroxylation sites is 1. The molecule has 0 amide bonds. The number of nitrogens with zero attached hydrogens (tertiary/aromatic N) is 1. The monoisotopic (exact) mass is 256 g/mol. The Hall–Kier alpha value is -1.45. The molecule has 100 valence electrons. The van der Waals surface area contributed by atoms with Gasteiger partial charge in [0.15, 0.2) is 0 Å². The number of fused-ring (bicyclic) bond motifs is 1. The van der Waals surface area contributed by atoms with Gasteiger partial charge in [0.25, 0.3) is 0 Å². The van der Waals surface area contributed by atoms with Crippen LogP contribution in [0, 0.1) is 0 Å². The Morgan fingerprint density at radius 2 is 2.16 bits per heavy atom. The van der Waals surface area contributed by atoms with Crippen LogP contribution in [-0.4, -0.2) is 24.2 Å². The zero-order chi connectivity index (χ0) is 13.1. The molecule has 1 aliphatic rings. The van der Waals surface area contributed by atoms with Crippen molar-refractivity contribution in [2.45, 2.75) is 38.0 Å². The Kier molecular flexibility index (Phi) is 3.76. The fourth-order valence-electron chi connectivity index (χ4n) is 2.99. The molecule has 3 nitrogen and oxygen atoms in total. The summed E-state index contributed by atoms with van der Waals surface area (Å²) in [6, 6.07) is 10.9. The molecule has 1 heterocycles. The van der Waals surface area contributed by atoms with Crippen LogP contribution in [0.25, 0.3) is 10.9 Å². The van der Waals surface area contributed by atoms with Gasteiger partial charge in [0.05, 0.1) is 11.6 Å². The van der Waals surface area contributed by atoms with E-state index in [1.807, 2.05) is 19.4 Å². The molecule has 1 fully saturated rings. The highest BCUT2D eigenvalue weighted by Gasteiger charge is 2.26. The molecule has 19 heavy (non-hydrogen) atoms. The number of rotatable bonds is 4. The van der Waals surface area contributed by atoms with Crippen LogP contribution in [0.3, 0.4) is 0 Å². The molecule has 1 N–H and O–H groups in total. The predicted octanol–water partition coefficient (Wildman–Crippen LogP) is 2.89. The maximum atomic E-state index is 5.52. The summed E-state index contributed by atoms with van der Waals surface area (Å²) >= 11 is 0. The standard InChI is InChI=1S/C16H20N2O/c1-19-15-9-3-8-14(15)18-11-13-6-2-5-12-7-4-10-17-16(12)13/h2,4-7,10,14-15,18H,3,8-9,11H2,1H3. The lowest BCUT2D eigenvalue weighted by Gasteiger charge is -2.20. The first kappa shape index (κ1) is 12.6. The van der Waals surface area contributed by atoms with Gasteiger partial charge in [-0.1, -0.05) is 24.3 Å².